The number of carbonyl (C=O) groups excluding carboxylic acids is 1. The zero-order chi connectivity index (χ0) is 20.5. The third-order valence-corrected chi connectivity index (χ3v) is 5.01. The number of carbonyl (C=O) groups is 1. The summed E-state index contributed by atoms with van der Waals surface area (Å²) >= 11 is 0. The van der Waals surface area contributed by atoms with Gasteiger partial charge in [0.2, 0.25) is 0 Å². The van der Waals surface area contributed by atoms with Crippen LogP contribution in [0, 0.1) is 5.92 Å². The van der Waals surface area contributed by atoms with Gasteiger partial charge in [0.25, 0.3) is 0 Å². The molecule has 3 N–H and O–H groups in total. The molecule has 0 aliphatic carbocycles. The van der Waals surface area contributed by atoms with Crippen LogP contribution >= 0.6 is 0 Å². The molecule has 2 heterocycles. The van der Waals surface area contributed by atoms with Crippen LogP contribution in [-0.2, 0) is 12.8 Å². The molecular weight excluding hydrogens is 366 g/mol. The van der Waals surface area contributed by atoms with Gasteiger partial charge in [-0.1, -0.05) is 26.0 Å². The molecule has 1 atom stereocenters. The molecule has 0 amide bonds. The third kappa shape index (κ3) is 3.92. The first-order chi connectivity index (χ1) is 13.9. The van der Waals surface area contributed by atoms with E-state index in [0.29, 0.717) is 18.0 Å². The van der Waals surface area contributed by atoms with Crippen molar-refractivity contribution in [1.29, 1.82) is 0 Å². The fourth-order valence-electron chi connectivity index (χ4n) is 3.58. The van der Waals surface area contributed by atoms with E-state index >= 15 is 0 Å². The van der Waals surface area contributed by atoms with Gasteiger partial charge in [0.05, 0.1) is 0 Å². The molecule has 0 fully saturated rings. The van der Waals surface area contributed by atoms with Crippen molar-refractivity contribution in [3.63, 3.8) is 0 Å². The zero-order valence-corrected chi connectivity index (χ0v) is 16.5. The Kier molecular flexibility index (Phi) is 4.92. The average Bonchev–Trinajstić information content (AvgIpc) is 3.00. The highest BCUT2D eigenvalue weighted by Gasteiger charge is 2.41. The molecule has 2 aromatic carbocycles. The summed E-state index contributed by atoms with van der Waals surface area (Å²) in [6, 6.07) is 13.3. The van der Waals surface area contributed by atoms with Crippen LogP contribution in [0.4, 0.5) is 5.82 Å². The van der Waals surface area contributed by atoms with Gasteiger partial charge in [0.15, 0.2) is 6.04 Å². The van der Waals surface area contributed by atoms with Crippen LogP contribution < -0.4 is 9.88 Å². The molecule has 29 heavy (non-hydrogen) atoms. The predicted molar refractivity (Wildman–Crippen MR) is 110 cm³/mol. The van der Waals surface area contributed by atoms with Crippen LogP contribution in [0.1, 0.15) is 29.9 Å². The second-order valence-electron chi connectivity index (χ2n) is 7.84. The average molecular weight is 390 g/mol. The minimum absolute atomic E-state index is 0.0273. The second-order valence-corrected chi connectivity index (χ2v) is 7.84. The molecule has 0 radical (unpaired) electrons. The van der Waals surface area contributed by atoms with Gasteiger partial charge in [-0.2, -0.15) is 4.57 Å². The second kappa shape index (κ2) is 7.54. The van der Waals surface area contributed by atoms with E-state index < -0.39 is 0 Å². The van der Waals surface area contributed by atoms with Crippen LogP contribution in [0.2, 0.25) is 0 Å². The van der Waals surface area contributed by atoms with E-state index in [2.05, 4.69) is 19.2 Å². The van der Waals surface area contributed by atoms with E-state index in [1.54, 1.807) is 47.2 Å². The van der Waals surface area contributed by atoms with Crippen molar-refractivity contribution in [2.45, 2.75) is 32.7 Å². The van der Waals surface area contributed by atoms with Gasteiger partial charge >= 0.3 is 11.7 Å². The zero-order valence-electron chi connectivity index (χ0n) is 16.5. The Labute approximate surface area is 169 Å². The lowest BCUT2D eigenvalue weighted by Gasteiger charge is -2.08. The number of nitrogens with one attached hydrogen (secondary N) is 1. The van der Waals surface area contributed by atoms with Crippen molar-refractivity contribution in [2.24, 2.45) is 5.92 Å². The Bertz CT molecular complexity index is 1040. The van der Waals surface area contributed by atoms with Crippen LogP contribution in [-0.4, -0.2) is 27.1 Å². The smallest absolute Gasteiger partial charge is 0.359 e. The Balaban J connectivity index is 1.70. The van der Waals surface area contributed by atoms with Gasteiger partial charge in [-0.3, -0.25) is 5.32 Å². The lowest BCUT2D eigenvalue weighted by molar-refractivity contribution is -0.552. The van der Waals surface area contributed by atoms with Gasteiger partial charge in [-0.05, 0) is 47.9 Å². The molecule has 0 saturated carbocycles. The summed E-state index contributed by atoms with van der Waals surface area (Å²) in [5.41, 5.74) is 3.37. The maximum Gasteiger partial charge on any atom is 0.359 e. The van der Waals surface area contributed by atoms with Gasteiger partial charge < -0.3 is 10.2 Å². The number of anilines is 1. The predicted octanol–water partition coefficient (Wildman–Crippen LogP) is 3.32. The SMILES string of the molecule is CC(C)Cc1nc(-c2ccc(O)cc2)c[n+]2c1NC(Cc1ccc(O)cc1)C2=O. The maximum atomic E-state index is 13.1. The summed E-state index contributed by atoms with van der Waals surface area (Å²) in [6.07, 6.45) is 3.03. The molecular formula is C23H24N3O3+. The van der Waals surface area contributed by atoms with Gasteiger partial charge in [0.1, 0.15) is 29.1 Å². The number of phenolic OH excluding ortho intramolecular Hbond substituents is 2. The van der Waals surface area contributed by atoms with Crippen molar-refractivity contribution in [3.8, 4) is 22.8 Å². The van der Waals surface area contributed by atoms with E-state index in [4.69, 9.17) is 4.98 Å². The summed E-state index contributed by atoms with van der Waals surface area (Å²) in [7, 11) is 0. The van der Waals surface area contributed by atoms with Crippen molar-refractivity contribution in [3.05, 3.63) is 66.0 Å². The van der Waals surface area contributed by atoms with E-state index in [1.807, 2.05) is 12.1 Å². The summed E-state index contributed by atoms with van der Waals surface area (Å²) in [5.74, 6) is 1.50. The number of aromatic hydroxyl groups is 2. The molecule has 1 aliphatic heterocycles. The largest absolute Gasteiger partial charge is 0.508 e. The molecule has 6 nitrogen and oxygen atoms in total. The molecule has 1 unspecified atom stereocenters. The van der Waals surface area contributed by atoms with E-state index in [9.17, 15) is 15.0 Å². The first-order valence-corrected chi connectivity index (χ1v) is 9.74. The van der Waals surface area contributed by atoms with E-state index in [0.717, 1.165) is 29.1 Å². The highest BCUT2D eigenvalue weighted by Crippen LogP contribution is 2.26. The lowest BCUT2D eigenvalue weighted by atomic mass is 10.1. The molecule has 0 spiro atoms. The number of phenols is 2. The number of nitrogens with zero attached hydrogens (tertiary/aromatic N) is 2. The highest BCUT2D eigenvalue weighted by molar-refractivity contribution is 5.82. The Morgan fingerprint density at radius 1 is 1.03 bits per heavy atom. The van der Waals surface area contributed by atoms with Crippen molar-refractivity contribution < 1.29 is 19.6 Å². The Morgan fingerprint density at radius 2 is 1.66 bits per heavy atom. The Morgan fingerprint density at radius 3 is 2.28 bits per heavy atom. The molecule has 0 bridgehead atoms. The van der Waals surface area contributed by atoms with Crippen LogP contribution in [0.25, 0.3) is 11.3 Å². The topological polar surface area (TPSA) is 86.3 Å². The third-order valence-electron chi connectivity index (χ3n) is 5.01. The summed E-state index contributed by atoms with van der Waals surface area (Å²) in [4.78, 5) is 17.9. The maximum absolute atomic E-state index is 13.1. The normalized spacial score (nSPS) is 15.4. The molecule has 1 aromatic heterocycles. The molecule has 1 aliphatic rings. The number of fused-ring (bicyclic) bond motifs is 1. The summed E-state index contributed by atoms with van der Waals surface area (Å²) in [5, 5.41) is 22.4. The number of benzene rings is 2. The first kappa shape index (κ1) is 18.9. The highest BCUT2D eigenvalue weighted by atomic mass is 16.3. The Hall–Kier alpha value is -3.41. The molecule has 148 valence electrons. The number of aromatic nitrogens is 2. The molecule has 0 saturated heterocycles. The molecule has 3 aromatic rings. The van der Waals surface area contributed by atoms with Crippen LogP contribution in [0.3, 0.4) is 0 Å². The number of hydrogen-bond acceptors (Lipinski definition) is 5. The van der Waals surface area contributed by atoms with Crippen molar-refractivity contribution >= 4 is 11.7 Å². The van der Waals surface area contributed by atoms with Crippen LogP contribution in [0.5, 0.6) is 11.5 Å². The first-order valence-electron chi connectivity index (χ1n) is 9.74. The molecule has 4 rings (SSSR count). The number of hydrogen-bond donors (Lipinski definition) is 3. The van der Waals surface area contributed by atoms with Gasteiger partial charge in [0, 0.05) is 18.4 Å². The standard InChI is InChI=1S/C23H23N3O3/c1-14(2)11-19-22-25-20(12-15-3-7-17(27)8-4-15)23(29)26(22)13-21(24-19)16-5-9-18(28)10-6-16/h3-10,13-14,20,27-28H,11-12H2,1-2H3/p+1. The van der Waals surface area contributed by atoms with Gasteiger partial charge in [-0.15, -0.1) is 0 Å². The monoisotopic (exact) mass is 390 g/mol. The van der Waals surface area contributed by atoms with Crippen molar-refractivity contribution in [1.82, 2.24) is 4.98 Å². The fraction of sp³-hybridized carbons (Fsp3) is 0.261. The van der Waals surface area contributed by atoms with E-state index in [1.165, 1.54) is 0 Å². The molecule has 6 heteroatoms. The van der Waals surface area contributed by atoms with Gasteiger partial charge in [-0.25, -0.2) is 9.78 Å². The minimum atomic E-state index is -0.387. The van der Waals surface area contributed by atoms with Crippen LogP contribution in [0.15, 0.2) is 54.7 Å². The summed E-state index contributed by atoms with van der Waals surface area (Å²) < 4.78 is 1.66. The van der Waals surface area contributed by atoms with E-state index in [-0.39, 0.29) is 23.4 Å². The number of rotatable bonds is 5. The lowest BCUT2D eigenvalue weighted by Crippen LogP contribution is -2.44. The minimum Gasteiger partial charge on any atom is -0.508 e. The quantitative estimate of drug-likeness (QED) is 0.582. The summed E-state index contributed by atoms with van der Waals surface area (Å²) in [6.45, 7) is 4.24. The fourth-order valence-corrected chi connectivity index (χ4v) is 3.58. The van der Waals surface area contributed by atoms with Crippen molar-refractivity contribution in [2.75, 3.05) is 5.32 Å².